The van der Waals surface area contributed by atoms with Crippen molar-refractivity contribution in [3.8, 4) is 0 Å². The normalized spacial score (nSPS) is 12.3. The number of carbonyl (C=O) groups excluding carboxylic acids is 1. The highest BCUT2D eigenvalue weighted by Crippen LogP contribution is 2.26. The lowest BCUT2D eigenvalue weighted by atomic mass is 10.2. The van der Waals surface area contributed by atoms with Gasteiger partial charge in [-0.2, -0.15) is 0 Å². The minimum absolute atomic E-state index is 0.249. The summed E-state index contributed by atoms with van der Waals surface area (Å²) >= 11 is 3.40. The summed E-state index contributed by atoms with van der Waals surface area (Å²) in [5.74, 6) is 0.249. The van der Waals surface area contributed by atoms with E-state index in [1.807, 2.05) is 18.2 Å². The lowest BCUT2D eigenvalue weighted by Gasteiger charge is -2.11. The first kappa shape index (κ1) is 15.7. The quantitative estimate of drug-likeness (QED) is 0.416. The predicted octanol–water partition coefficient (Wildman–Crippen LogP) is 5.07. The molecule has 0 unspecified atom stereocenters. The average molecular weight is 438 g/mol. The fourth-order valence-corrected chi connectivity index (χ4v) is 3.25. The monoisotopic (exact) mass is 437 g/mol. The molecule has 4 aromatic rings. The highest BCUT2D eigenvalue weighted by atomic mass is 79.9. The Kier molecular flexibility index (Phi) is 4.34. The Bertz CT molecular complexity index is 1240. The number of pyridine rings is 1. The number of urea groups is 1. The Labute approximate surface area is 173 Å². The van der Waals surface area contributed by atoms with Gasteiger partial charge in [-0.25, -0.2) is 9.78 Å². The first-order chi connectivity index (χ1) is 14.4. The summed E-state index contributed by atoms with van der Waals surface area (Å²) in [5.41, 5.74) is 7.96. The zero-order valence-corrected chi connectivity index (χ0v) is 16.3. The maximum atomic E-state index is 12.5. The predicted molar refractivity (Wildman–Crippen MR) is 116 cm³/mol. The maximum absolute atomic E-state index is 12.5. The van der Waals surface area contributed by atoms with E-state index < -0.39 is 12.5 Å². The van der Waals surface area contributed by atoms with Crippen LogP contribution in [-0.4, -0.2) is 15.6 Å². The number of nitrogens with one attached hydrogen (secondary N) is 2. The van der Waals surface area contributed by atoms with Crippen molar-refractivity contribution in [1.29, 1.82) is 0 Å². The van der Waals surface area contributed by atoms with E-state index in [9.17, 15) is 4.79 Å². The van der Waals surface area contributed by atoms with Gasteiger partial charge in [-0.15, -0.1) is 0 Å². The van der Waals surface area contributed by atoms with Gasteiger partial charge in [-0.05, 0) is 64.0 Å². The average Bonchev–Trinajstić information content (AvgIpc) is 3.16. The van der Waals surface area contributed by atoms with Crippen LogP contribution in [0.2, 0.25) is 0 Å². The fourth-order valence-electron chi connectivity index (χ4n) is 2.87. The lowest BCUT2D eigenvalue weighted by Crippen LogP contribution is -2.19. The molecule has 0 saturated heterocycles. The van der Waals surface area contributed by atoms with Gasteiger partial charge in [0.25, 0.3) is 0 Å². The molecule has 2 amide bonds. The number of fused-ring (bicyclic) bond motifs is 1. The summed E-state index contributed by atoms with van der Waals surface area (Å²) in [7, 11) is 0. The molecule has 0 spiro atoms. The third-order valence-electron chi connectivity index (χ3n) is 4.13. The molecule has 0 radical (unpaired) electrons. The molecule has 2 aromatic carbocycles. The number of nitrogen functional groups attached to an aromatic ring is 1. The standard InChI is InChI=1S/C21H18BrN5O/c22-16-4-1-2-5-18(16)26-21(28)25-17-6-3-7-19-15(17)9-11-27(19)13-14-8-10-24-20(23)12-14/h1-12H,13H2,(H2,23,24)(H2,25,26,28)/i13D2. The molecule has 2 aromatic heterocycles. The molecule has 2 heterocycles. The van der Waals surface area contributed by atoms with Crippen LogP contribution in [0.1, 0.15) is 8.30 Å². The lowest BCUT2D eigenvalue weighted by molar-refractivity contribution is 0.262. The largest absolute Gasteiger partial charge is 0.384 e. The number of rotatable bonds is 4. The van der Waals surface area contributed by atoms with Crippen LogP contribution in [0.25, 0.3) is 10.9 Å². The fraction of sp³-hybridized carbons (Fsp3) is 0.0476. The Balaban J connectivity index is 1.65. The second-order valence-electron chi connectivity index (χ2n) is 6.06. The number of nitrogens with two attached hydrogens (primary N) is 1. The van der Waals surface area contributed by atoms with E-state index >= 15 is 0 Å². The van der Waals surface area contributed by atoms with Crippen LogP contribution in [0.15, 0.2) is 77.5 Å². The van der Waals surface area contributed by atoms with E-state index in [0.717, 1.165) is 4.47 Å². The minimum Gasteiger partial charge on any atom is -0.384 e. The number of para-hydroxylation sites is 1. The van der Waals surface area contributed by atoms with Crippen LogP contribution >= 0.6 is 15.9 Å². The van der Waals surface area contributed by atoms with Crippen LogP contribution < -0.4 is 16.4 Å². The van der Waals surface area contributed by atoms with E-state index in [4.69, 9.17) is 8.48 Å². The summed E-state index contributed by atoms with van der Waals surface area (Å²) in [6, 6.07) is 17.1. The highest BCUT2D eigenvalue weighted by molar-refractivity contribution is 9.10. The molecule has 0 atom stereocenters. The van der Waals surface area contributed by atoms with E-state index in [1.54, 1.807) is 42.6 Å². The van der Waals surface area contributed by atoms with Crippen LogP contribution in [-0.2, 0) is 6.50 Å². The summed E-state index contributed by atoms with van der Waals surface area (Å²) in [5, 5.41) is 6.35. The zero-order valence-electron chi connectivity index (χ0n) is 16.7. The van der Waals surface area contributed by atoms with Gasteiger partial charge in [-0.1, -0.05) is 18.2 Å². The molecular weight excluding hydrogens is 418 g/mol. The van der Waals surface area contributed by atoms with Gasteiger partial charge in [0.05, 0.1) is 19.6 Å². The van der Waals surface area contributed by atoms with E-state index in [1.165, 1.54) is 16.8 Å². The van der Waals surface area contributed by atoms with Crippen LogP contribution in [0.4, 0.5) is 22.0 Å². The molecule has 6 nitrogen and oxygen atoms in total. The van der Waals surface area contributed by atoms with E-state index in [-0.39, 0.29) is 5.82 Å². The number of hydrogen-bond donors (Lipinski definition) is 3. The molecule has 140 valence electrons. The molecule has 0 aliphatic heterocycles. The van der Waals surface area contributed by atoms with Gasteiger partial charge in [-0.3, -0.25) is 0 Å². The van der Waals surface area contributed by atoms with Crippen LogP contribution in [0.5, 0.6) is 0 Å². The van der Waals surface area contributed by atoms with E-state index in [2.05, 4.69) is 31.5 Å². The number of benzene rings is 2. The molecule has 7 heteroatoms. The van der Waals surface area contributed by atoms with Crippen molar-refractivity contribution in [2.24, 2.45) is 0 Å². The first-order valence-electron chi connectivity index (χ1n) is 9.51. The van der Waals surface area contributed by atoms with Crippen molar-refractivity contribution < 1.29 is 7.54 Å². The van der Waals surface area contributed by atoms with Crippen molar-refractivity contribution in [2.75, 3.05) is 16.4 Å². The van der Waals surface area contributed by atoms with E-state index in [0.29, 0.717) is 27.8 Å². The van der Waals surface area contributed by atoms with Crippen molar-refractivity contribution in [1.82, 2.24) is 9.55 Å². The molecule has 28 heavy (non-hydrogen) atoms. The number of carbonyl (C=O) groups is 1. The SMILES string of the molecule is [2H]C([2H])(c1ccnc(N)c1)n1ccc2c(NC(=O)Nc3ccccc3Br)cccc21. The molecule has 0 saturated carbocycles. The van der Waals surface area contributed by atoms with Gasteiger partial charge >= 0.3 is 6.03 Å². The second kappa shape index (κ2) is 7.74. The summed E-state index contributed by atoms with van der Waals surface area (Å²) in [6.07, 6.45) is 3.13. The number of amides is 2. The van der Waals surface area contributed by atoms with Crippen molar-refractivity contribution in [3.05, 3.63) is 83.1 Å². The van der Waals surface area contributed by atoms with Gasteiger partial charge in [0, 0.05) is 28.7 Å². The molecule has 0 fully saturated rings. The first-order valence-corrected chi connectivity index (χ1v) is 9.30. The molecule has 4 rings (SSSR count). The Hall–Kier alpha value is -3.32. The molecular formula is C21H18BrN5O. The smallest absolute Gasteiger partial charge is 0.323 e. The minimum atomic E-state index is -1.85. The highest BCUT2D eigenvalue weighted by Gasteiger charge is 2.10. The number of nitrogens with zero attached hydrogens (tertiary/aromatic N) is 2. The van der Waals surface area contributed by atoms with Crippen molar-refractivity contribution in [3.63, 3.8) is 0 Å². The maximum Gasteiger partial charge on any atom is 0.323 e. The molecule has 0 aliphatic carbocycles. The number of halogens is 1. The summed E-state index contributed by atoms with van der Waals surface area (Å²) < 4.78 is 19.5. The van der Waals surface area contributed by atoms with Crippen LogP contribution in [0, 0.1) is 0 Å². The number of hydrogen-bond acceptors (Lipinski definition) is 3. The molecule has 0 bridgehead atoms. The Morgan fingerprint density at radius 1 is 1.11 bits per heavy atom. The third-order valence-corrected chi connectivity index (χ3v) is 4.83. The molecule has 0 aliphatic rings. The van der Waals surface area contributed by atoms with Gasteiger partial charge in [0.1, 0.15) is 5.82 Å². The Morgan fingerprint density at radius 2 is 1.89 bits per heavy atom. The van der Waals surface area contributed by atoms with Gasteiger partial charge in [0.2, 0.25) is 0 Å². The Morgan fingerprint density at radius 3 is 2.71 bits per heavy atom. The molecule has 4 N–H and O–H groups in total. The van der Waals surface area contributed by atoms with Crippen molar-refractivity contribution >= 4 is 50.1 Å². The topological polar surface area (TPSA) is 85.0 Å². The van der Waals surface area contributed by atoms with Crippen LogP contribution in [0.3, 0.4) is 0 Å². The third kappa shape index (κ3) is 3.84. The zero-order chi connectivity index (χ0) is 21.3. The summed E-state index contributed by atoms with van der Waals surface area (Å²) in [6.45, 7) is -1.85. The number of aromatic nitrogens is 2. The van der Waals surface area contributed by atoms with Gasteiger partial charge in [0.15, 0.2) is 0 Å². The number of anilines is 3. The van der Waals surface area contributed by atoms with Gasteiger partial charge < -0.3 is 20.9 Å². The van der Waals surface area contributed by atoms with Crippen molar-refractivity contribution in [2.45, 2.75) is 6.50 Å². The summed E-state index contributed by atoms with van der Waals surface area (Å²) in [4.78, 5) is 16.4. The second-order valence-corrected chi connectivity index (χ2v) is 6.92.